The van der Waals surface area contributed by atoms with E-state index in [0.717, 1.165) is 6.07 Å². The Bertz CT molecular complexity index is 595. The summed E-state index contributed by atoms with van der Waals surface area (Å²) in [4.78, 5) is 23.9. The van der Waals surface area contributed by atoms with Crippen molar-refractivity contribution in [3.05, 3.63) is 29.6 Å². The Morgan fingerprint density at radius 1 is 1.42 bits per heavy atom. The zero-order valence-corrected chi connectivity index (χ0v) is 14.8. The van der Waals surface area contributed by atoms with Crippen molar-refractivity contribution in [3.8, 4) is 5.75 Å². The average molecular weight is 361 g/mol. The molecular weight excluding hydrogens is 340 g/mol. The molecule has 0 aromatic heterocycles. The summed E-state index contributed by atoms with van der Waals surface area (Å²) < 4.78 is 32.6. The van der Waals surface area contributed by atoms with Crippen LogP contribution >= 0.6 is 7.94 Å². The summed E-state index contributed by atoms with van der Waals surface area (Å²) >= 11 is 0. The molecule has 7 nitrogen and oxygen atoms in total. The molecule has 0 spiro atoms. The Balaban J connectivity index is 2.82. The number of benzene rings is 1. The van der Waals surface area contributed by atoms with Crippen LogP contribution in [0.4, 0.5) is 4.39 Å². The molecule has 24 heavy (non-hydrogen) atoms. The minimum atomic E-state index is -2.43. The molecule has 1 aromatic rings. The molecule has 0 saturated heterocycles. The lowest BCUT2D eigenvalue weighted by Crippen LogP contribution is -2.24. The third kappa shape index (κ3) is 6.13. The fourth-order valence-electron chi connectivity index (χ4n) is 1.63. The largest absolute Gasteiger partial charge is 0.607 e. The van der Waals surface area contributed by atoms with Gasteiger partial charge in [0.2, 0.25) is 7.94 Å². The molecule has 0 aliphatic rings. The van der Waals surface area contributed by atoms with Gasteiger partial charge in [0.1, 0.15) is 11.6 Å². The van der Waals surface area contributed by atoms with Crippen LogP contribution in [0.3, 0.4) is 0 Å². The Kier molecular flexibility index (Phi) is 8.21. The minimum Gasteiger partial charge on any atom is -0.607 e. The van der Waals surface area contributed by atoms with Crippen LogP contribution in [0.2, 0.25) is 0 Å². The third-order valence-corrected chi connectivity index (χ3v) is 4.04. The maximum Gasteiger partial charge on any atom is 0.382 e. The van der Waals surface area contributed by atoms with Gasteiger partial charge in [-0.25, -0.2) is 9.18 Å². The SMILES string of the molecule is CO[C@@H](Oc1ccc(CO)c(F)c1)[P+]([O-])=N[C@@H](C)C(=O)OC(C)C. The van der Waals surface area contributed by atoms with Crippen LogP contribution in [-0.4, -0.2) is 36.4 Å². The van der Waals surface area contributed by atoms with Crippen LogP contribution in [-0.2, 0) is 20.9 Å². The van der Waals surface area contributed by atoms with E-state index < -0.39 is 38.4 Å². The Morgan fingerprint density at radius 2 is 2.08 bits per heavy atom. The maximum atomic E-state index is 13.6. The van der Waals surface area contributed by atoms with Gasteiger partial charge in [0.15, 0.2) is 6.04 Å². The predicted octanol–water partition coefficient (Wildman–Crippen LogP) is 1.91. The molecule has 0 heterocycles. The van der Waals surface area contributed by atoms with E-state index in [1.807, 2.05) is 0 Å². The van der Waals surface area contributed by atoms with Crippen molar-refractivity contribution < 1.29 is 33.4 Å². The van der Waals surface area contributed by atoms with E-state index in [4.69, 9.17) is 19.3 Å². The molecule has 0 fully saturated rings. The van der Waals surface area contributed by atoms with Gasteiger partial charge in [0.05, 0.1) is 12.7 Å². The smallest absolute Gasteiger partial charge is 0.382 e. The van der Waals surface area contributed by atoms with E-state index in [2.05, 4.69) is 4.74 Å². The molecule has 3 atom stereocenters. The zero-order chi connectivity index (χ0) is 18.3. The van der Waals surface area contributed by atoms with E-state index in [1.54, 1.807) is 13.8 Å². The normalized spacial score (nSPS) is 14.4. The number of hydrogen-bond donors (Lipinski definition) is 1. The molecule has 9 heteroatoms. The monoisotopic (exact) mass is 361 g/mol. The summed E-state index contributed by atoms with van der Waals surface area (Å²) in [6.07, 6.45) is -0.310. The first-order valence-corrected chi connectivity index (χ1v) is 8.53. The van der Waals surface area contributed by atoms with Crippen molar-refractivity contribution in [2.45, 2.75) is 45.6 Å². The standard InChI is InChI=1S/C15H21FNO6P/c1-9(2)22-14(19)10(3)17-24(20)15(21-4)23-12-6-5-11(8-18)13(16)7-12/h5-7,9-10,15,18H,8H2,1-4H3/t10-,15-/m0/s1. The number of carbonyl (C=O) groups excluding carboxylic acids is 1. The molecule has 134 valence electrons. The van der Waals surface area contributed by atoms with Gasteiger partial charge in [0, 0.05) is 18.7 Å². The zero-order valence-electron chi connectivity index (χ0n) is 13.9. The van der Waals surface area contributed by atoms with Gasteiger partial charge in [-0.2, -0.15) is 0 Å². The fourth-order valence-corrected chi connectivity index (χ4v) is 2.57. The summed E-state index contributed by atoms with van der Waals surface area (Å²) in [5.74, 6) is -1.21. The van der Waals surface area contributed by atoms with Crippen LogP contribution in [0, 0.1) is 5.82 Å². The lowest BCUT2D eigenvalue weighted by Gasteiger charge is -2.14. The van der Waals surface area contributed by atoms with Gasteiger partial charge < -0.3 is 24.2 Å². The number of ether oxygens (including phenoxy) is 3. The molecule has 0 radical (unpaired) electrons. The van der Waals surface area contributed by atoms with Crippen molar-refractivity contribution in [1.82, 2.24) is 0 Å². The quantitative estimate of drug-likeness (QED) is 0.431. The van der Waals surface area contributed by atoms with Crippen LogP contribution in [0.1, 0.15) is 26.3 Å². The van der Waals surface area contributed by atoms with E-state index in [9.17, 15) is 14.1 Å². The number of nitrogens with zero attached hydrogens (tertiary/aromatic N) is 1. The summed E-state index contributed by atoms with van der Waals surface area (Å²) in [5, 5.41) is 8.93. The molecule has 0 saturated carbocycles. The first kappa shape index (κ1) is 20.4. The first-order chi connectivity index (χ1) is 11.3. The molecule has 1 N–H and O–H groups in total. The number of aliphatic hydroxyl groups is 1. The average Bonchev–Trinajstić information content (AvgIpc) is 2.51. The lowest BCUT2D eigenvalue weighted by atomic mass is 10.2. The van der Waals surface area contributed by atoms with Gasteiger partial charge in [-0.15, -0.1) is 0 Å². The molecule has 0 aliphatic carbocycles. The Morgan fingerprint density at radius 3 is 2.58 bits per heavy atom. The van der Waals surface area contributed by atoms with E-state index in [0.29, 0.717) is 0 Å². The molecule has 1 aromatic carbocycles. The number of hydrogen-bond acceptors (Lipinski definition) is 7. The molecule has 0 aliphatic heterocycles. The van der Waals surface area contributed by atoms with Crippen LogP contribution < -0.4 is 9.63 Å². The van der Waals surface area contributed by atoms with E-state index in [-0.39, 0.29) is 17.4 Å². The number of rotatable bonds is 8. The van der Waals surface area contributed by atoms with Gasteiger partial charge in [-0.3, -0.25) is 0 Å². The maximum absolute atomic E-state index is 13.6. The fraction of sp³-hybridized carbons (Fsp3) is 0.533. The van der Waals surface area contributed by atoms with Gasteiger partial charge in [-0.05, 0) is 26.8 Å². The Hall–Kier alpha value is -1.60. The number of aliphatic hydroxyl groups excluding tert-OH is 1. The van der Waals surface area contributed by atoms with Crippen molar-refractivity contribution in [3.63, 3.8) is 0 Å². The van der Waals surface area contributed by atoms with E-state index >= 15 is 0 Å². The van der Waals surface area contributed by atoms with Gasteiger partial charge in [0.25, 0.3) is 0 Å². The van der Waals surface area contributed by atoms with Crippen molar-refractivity contribution in [1.29, 1.82) is 0 Å². The highest BCUT2D eigenvalue weighted by molar-refractivity contribution is 7.39. The second-order valence-corrected chi connectivity index (χ2v) is 6.41. The molecule has 1 rings (SSSR count). The molecule has 1 unspecified atom stereocenters. The summed E-state index contributed by atoms with van der Waals surface area (Å²) in [5.41, 5.74) is 0.107. The number of carbonyl (C=O) groups is 1. The highest BCUT2D eigenvalue weighted by atomic mass is 31.1. The van der Waals surface area contributed by atoms with Crippen molar-refractivity contribution in [2.24, 2.45) is 4.74 Å². The second kappa shape index (κ2) is 9.64. The number of methoxy groups -OCH3 is 1. The first-order valence-electron chi connectivity index (χ1n) is 7.24. The van der Waals surface area contributed by atoms with Crippen LogP contribution in [0.5, 0.6) is 5.75 Å². The summed E-state index contributed by atoms with van der Waals surface area (Å²) in [6, 6.07) is 1.54. The van der Waals surface area contributed by atoms with Gasteiger partial charge >= 0.3 is 12.0 Å². The highest BCUT2D eigenvalue weighted by Gasteiger charge is 2.25. The van der Waals surface area contributed by atoms with Gasteiger partial charge in [-0.1, -0.05) is 10.8 Å². The lowest BCUT2D eigenvalue weighted by molar-refractivity contribution is -0.175. The molecule has 0 bridgehead atoms. The van der Waals surface area contributed by atoms with Crippen LogP contribution in [0.15, 0.2) is 22.9 Å². The topological polar surface area (TPSA) is 100 Å². The third-order valence-electron chi connectivity index (χ3n) is 2.79. The molecule has 0 amide bonds. The number of halogens is 1. The second-order valence-electron chi connectivity index (χ2n) is 5.15. The minimum absolute atomic E-state index is 0.0625. The summed E-state index contributed by atoms with van der Waals surface area (Å²) in [7, 11) is -1.17. The highest BCUT2D eigenvalue weighted by Crippen LogP contribution is 2.29. The molecular formula is C15H21FNO6P. The Labute approximate surface area is 140 Å². The van der Waals surface area contributed by atoms with E-state index in [1.165, 1.54) is 26.2 Å². The van der Waals surface area contributed by atoms with Crippen molar-refractivity contribution in [2.75, 3.05) is 7.11 Å². The van der Waals surface area contributed by atoms with Crippen LogP contribution in [0.25, 0.3) is 0 Å². The summed E-state index contributed by atoms with van der Waals surface area (Å²) in [6.45, 7) is 4.38. The number of esters is 1. The van der Waals surface area contributed by atoms with Crippen molar-refractivity contribution >= 4 is 13.9 Å². The predicted molar refractivity (Wildman–Crippen MR) is 83.8 cm³/mol.